The predicted molar refractivity (Wildman–Crippen MR) is 118 cm³/mol. The molecule has 1 aliphatic carbocycles. The van der Waals surface area contributed by atoms with Gasteiger partial charge in [-0.3, -0.25) is 9.69 Å². The van der Waals surface area contributed by atoms with Gasteiger partial charge in [-0.25, -0.2) is 9.78 Å². The first-order valence-corrected chi connectivity index (χ1v) is 11.2. The molecule has 7 nitrogen and oxygen atoms in total. The standard InChI is InChI=1S/C23H34N4O3/c1-2-30-23(29)20-9-10-21(25-17-20)27-14-6-13-26(15-16-27)18-22(28)24-12-11-19-7-4-3-5-8-19/h7,9-10,17H,2-6,8,11-16,18H2,1H3,(H,24,28). The monoisotopic (exact) mass is 414 g/mol. The highest BCUT2D eigenvalue weighted by atomic mass is 16.5. The van der Waals surface area contributed by atoms with Gasteiger partial charge in [-0.15, -0.1) is 0 Å². The second-order valence-electron chi connectivity index (χ2n) is 7.95. The maximum atomic E-state index is 12.3. The van der Waals surface area contributed by atoms with E-state index in [0.717, 1.165) is 51.4 Å². The van der Waals surface area contributed by atoms with Gasteiger partial charge in [-0.2, -0.15) is 0 Å². The van der Waals surface area contributed by atoms with Crippen LogP contribution in [0.2, 0.25) is 0 Å². The molecule has 1 saturated heterocycles. The number of ether oxygens (including phenoxy) is 1. The maximum Gasteiger partial charge on any atom is 0.339 e. The average Bonchev–Trinajstić information content (AvgIpc) is 3.00. The Morgan fingerprint density at radius 3 is 2.77 bits per heavy atom. The number of carbonyl (C=O) groups excluding carboxylic acids is 2. The van der Waals surface area contributed by atoms with Crippen molar-refractivity contribution >= 4 is 17.7 Å². The molecule has 0 spiro atoms. The molecule has 164 valence electrons. The van der Waals surface area contributed by atoms with Crippen molar-refractivity contribution in [2.75, 3.05) is 50.8 Å². The molecular formula is C23H34N4O3. The van der Waals surface area contributed by atoms with Crippen molar-refractivity contribution in [3.05, 3.63) is 35.5 Å². The molecular weight excluding hydrogens is 380 g/mol. The second-order valence-corrected chi connectivity index (χ2v) is 7.95. The number of nitrogens with one attached hydrogen (secondary N) is 1. The smallest absolute Gasteiger partial charge is 0.339 e. The van der Waals surface area contributed by atoms with E-state index in [9.17, 15) is 9.59 Å². The molecule has 30 heavy (non-hydrogen) atoms. The van der Waals surface area contributed by atoms with E-state index in [1.54, 1.807) is 19.2 Å². The first-order chi connectivity index (χ1) is 14.7. The zero-order valence-electron chi connectivity index (χ0n) is 18.1. The van der Waals surface area contributed by atoms with Crippen LogP contribution in [-0.4, -0.2) is 67.6 Å². The number of hydrogen-bond acceptors (Lipinski definition) is 6. The van der Waals surface area contributed by atoms with E-state index in [4.69, 9.17) is 4.74 Å². The summed E-state index contributed by atoms with van der Waals surface area (Å²) >= 11 is 0. The Labute approximate surface area is 179 Å². The van der Waals surface area contributed by atoms with Gasteiger partial charge >= 0.3 is 5.97 Å². The van der Waals surface area contributed by atoms with Crippen molar-refractivity contribution in [3.63, 3.8) is 0 Å². The molecule has 0 bridgehead atoms. The number of nitrogens with zero attached hydrogens (tertiary/aromatic N) is 3. The van der Waals surface area contributed by atoms with Crippen LogP contribution < -0.4 is 10.2 Å². The third kappa shape index (κ3) is 6.83. The number of pyridine rings is 1. The van der Waals surface area contributed by atoms with E-state index in [1.807, 2.05) is 6.07 Å². The number of esters is 1. The molecule has 0 saturated carbocycles. The van der Waals surface area contributed by atoms with Gasteiger partial charge in [0, 0.05) is 38.9 Å². The fourth-order valence-electron chi connectivity index (χ4n) is 4.02. The number of hydrogen-bond donors (Lipinski definition) is 1. The Bertz CT molecular complexity index is 732. The summed E-state index contributed by atoms with van der Waals surface area (Å²) in [4.78, 5) is 33.0. The highest BCUT2D eigenvalue weighted by molar-refractivity contribution is 5.89. The summed E-state index contributed by atoms with van der Waals surface area (Å²) in [7, 11) is 0. The molecule has 7 heteroatoms. The number of rotatable bonds is 8. The first-order valence-electron chi connectivity index (χ1n) is 11.2. The van der Waals surface area contributed by atoms with E-state index in [0.29, 0.717) is 18.7 Å². The Morgan fingerprint density at radius 2 is 2.03 bits per heavy atom. The number of amides is 1. The van der Waals surface area contributed by atoms with Crippen LogP contribution >= 0.6 is 0 Å². The lowest BCUT2D eigenvalue weighted by Crippen LogP contribution is -2.39. The fraction of sp³-hybridized carbons (Fsp3) is 0.609. The van der Waals surface area contributed by atoms with Crippen LogP contribution in [0.25, 0.3) is 0 Å². The first kappa shape index (κ1) is 22.3. The summed E-state index contributed by atoms with van der Waals surface area (Å²) in [6.45, 7) is 6.74. The number of anilines is 1. The summed E-state index contributed by atoms with van der Waals surface area (Å²) in [5.41, 5.74) is 1.96. The van der Waals surface area contributed by atoms with Crippen LogP contribution in [0.15, 0.2) is 30.0 Å². The van der Waals surface area contributed by atoms with Crippen LogP contribution in [-0.2, 0) is 9.53 Å². The third-order valence-electron chi connectivity index (χ3n) is 5.69. The van der Waals surface area contributed by atoms with Crippen molar-refractivity contribution in [2.45, 2.75) is 45.4 Å². The number of carbonyl (C=O) groups is 2. The molecule has 2 heterocycles. The molecule has 2 aliphatic rings. The van der Waals surface area contributed by atoms with Crippen molar-refractivity contribution in [2.24, 2.45) is 0 Å². The summed E-state index contributed by atoms with van der Waals surface area (Å²) in [6.07, 6.45) is 10.8. The quantitative estimate of drug-likeness (QED) is 0.521. The van der Waals surface area contributed by atoms with Crippen LogP contribution in [0.4, 0.5) is 5.82 Å². The van der Waals surface area contributed by atoms with Crippen LogP contribution in [0.1, 0.15) is 55.8 Å². The molecule has 1 aromatic heterocycles. The molecule has 1 N–H and O–H groups in total. The van der Waals surface area contributed by atoms with Gasteiger partial charge in [0.1, 0.15) is 5.82 Å². The Kier molecular flexibility index (Phi) is 8.68. The van der Waals surface area contributed by atoms with E-state index in [1.165, 1.54) is 31.3 Å². The molecule has 3 rings (SSSR count). The van der Waals surface area contributed by atoms with Gasteiger partial charge in [0.05, 0.1) is 18.7 Å². The van der Waals surface area contributed by atoms with E-state index in [2.05, 4.69) is 26.2 Å². The van der Waals surface area contributed by atoms with Gasteiger partial charge in [0.25, 0.3) is 0 Å². The largest absolute Gasteiger partial charge is 0.462 e. The van der Waals surface area contributed by atoms with Gasteiger partial charge in [0.2, 0.25) is 5.91 Å². The lowest BCUT2D eigenvalue weighted by atomic mass is 9.97. The lowest BCUT2D eigenvalue weighted by Gasteiger charge is -2.22. The van der Waals surface area contributed by atoms with Gasteiger partial charge in [0.15, 0.2) is 0 Å². The van der Waals surface area contributed by atoms with Crippen molar-refractivity contribution in [3.8, 4) is 0 Å². The van der Waals surface area contributed by atoms with E-state index < -0.39 is 0 Å². The maximum absolute atomic E-state index is 12.3. The third-order valence-corrected chi connectivity index (χ3v) is 5.69. The minimum atomic E-state index is -0.343. The Morgan fingerprint density at radius 1 is 1.13 bits per heavy atom. The van der Waals surface area contributed by atoms with Crippen molar-refractivity contribution in [1.29, 1.82) is 0 Å². The topological polar surface area (TPSA) is 74.8 Å². The zero-order chi connectivity index (χ0) is 21.2. The second kappa shape index (κ2) is 11.7. The molecule has 0 atom stereocenters. The van der Waals surface area contributed by atoms with Crippen molar-refractivity contribution < 1.29 is 14.3 Å². The normalized spacial score (nSPS) is 17.8. The molecule has 1 aromatic rings. The van der Waals surface area contributed by atoms with E-state index >= 15 is 0 Å². The van der Waals surface area contributed by atoms with Gasteiger partial charge in [-0.05, 0) is 57.6 Å². The Balaban J connectivity index is 1.41. The fourth-order valence-corrected chi connectivity index (χ4v) is 4.02. The molecule has 1 fully saturated rings. The summed E-state index contributed by atoms with van der Waals surface area (Å²) in [5, 5.41) is 3.08. The molecule has 0 radical (unpaired) electrons. The lowest BCUT2D eigenvalue weighted by molar-refractivity contribution is -0.122. The van der Waals surface area contributed by atoms with Crippen molar-refractivity contribution in [1.82, 2.24) is 15.2 Å². The summed E-state index contributed by atoms with van der Waals surface area (Å²) in [6, 6.07) is 3.63. The van der Waals surface area contributed by atoms with Gasteiger partial charge < -0.3 is 15.0 Å². The predicted octanol–water partition coefficient (Wildman–Crippen LogP) is 2.78. The minimum Gasteiger partial charge on any atom is -0.462 e. The highest BCUT2D eigenvalue weighted by Gasteiger charge is 2.18. The van der Waals surface area contributed by atoms with Crippen LogP contribution in [0, 0.1) is 0 Å². The van der Waals surface area contributed by atoms with Crippen LogP contribution in [0.5, 0.6) is 0 Å². The molecule has 1 aliphatic heterocycles. The number of allylic oxidation sites excluding steroid dienone is 1. The summed E-state index contributed by atoms with van der Waals surface area (Å²) in [5.74, 6) is 0.622. The molecule has 1 amide bonds. The van der Waals surface area contributed by atoms with E-state index in [-0.39, 0.29) is 11.9 Å². The highest BCUT2D eigenvalue weighted by Crippen LogP contribution is 2.19. The van der Waals surface area contributed by atoms with Gasteiger partial charge in [-0.1, -0.05) is 11.6 Å². The molecule has 0 aromatic carbocycles. The molecule has 0 unspecified atom stereocenters. The number of aromatic nitrogens is 1. The SMILES string of the molecule is CCOC(=O)c1ccc(N2CCCN(CC(=O)NCCC3=CCCCC3)CC2)nc1. The Hall–Kier alpha value is -2.41. The average molecular weight is 415 g/mol. The van der Waals surface area contributed by atoms with Crippen LogP contribution in [0.3, 0.4) is 0 Å². The zero-order valence-corrected chi connectivity index (χ0v) is 18.1. The summed E-state index contributed by atoms with van der Waals surface area (Å²) < 4.78 is 5.01. The minimum absolute atomic E-state index is 0.108.